The number of aliphatic hydroxyl groups is 1. The van der Waals surface area contributed by atoms with Crippen LogP contribution in [0, 0.1) is 46.3 Å². The van der Waals surface area contributed by atoms with Crippen LogP contribution in [0.4, 0.5) is 0 Å². The summed E-state index contributed by atoms with van der Waals surface area (Å²) in [6.07, 6.45) is 17.2. The molecule has 4 rings (SSSR count). The van der Waals surface area contributed by atoms with Crippen molar-refractivity contribution in [3.63, 3.8) is 0 Å². The Kier molecular flexibility index (Phi) is 5.80. The molecule has 3 fully saturated rings. The minimum atomic E-state index is -0.175. The topological polar surface area (TPSA) is 20.2 Å². The minimum absolute atomic E-state index is 0.175. The molecule has 1 heteroatoms. The van der Waals surface area contributed by atoms with Gasteiger partial charge in [-0.3, -0.25) is 0 Å². The van der Waals surface area contributed by atoms with Crippen LogP contribution in [0.3, 0.4) is 0 Å². The fourth-order valence-electron chi connectivity index (χ4n) is 8.71. The van der Waals surface area contributed by atoms with Crippen LogP contribution >= 0.6 is 0 Å². The first-order chi connectivity index (χ1) is 13.3. The Morgan fingerprint density at radius 3 is 2.54 bits per heavy atom. The molecule has 3 saturated carbocycles. The van der Waals surface area contributed by atoms with Gasteiger partial charge in [0.25, 0.3) is 0 Å². The molecule has 0 amide bonds. The summed E-state index contributed by atoms with van der Waals surface area (Å²) in [5, 5.41) is 11.3. The molecule has 0 heterocycles. The van der Waals surface area contributed by atoms with Gasteiger partial charge in [-0.05, 0) is 91.3 Å². The number of hydrogen-bond acceptors (Lipinski definition) is 1. The van der Waals surface area contributed by atoms with Crippen molar-refractivity contribution < 1.29 is 5.11 Å². The molecule has 0 radical (unpaired) electrons. The molecular weight excluding hydrogens is 340 g/mol. The van der Waals surface area contributed by atoms with Gasteiger partial charge in [0.15, 0.2) is 0 Å². The Hall–Kier alpha value is -0.300. The van der Waals surface area contributed by atoms with E-state index < -0.39 is 0 Å². The van der Waals surface area contributed by atoms with Gasteiger partial charge < -0.3 is 5.11 Å². The molecule has 0 aromatic heterocycles. The zero-order valence-corrected chi connectivity index (χ0v) is 19.3. The molecule has 1 nitrogen and oxygen atoms in total. The number of fused-ring (bicyclic) bond motifs is 5. The number of hydrogen-bond donors (Lipinski definition) is 1. The molecule has 0 aromatic rings. The summed E-state index contributed by atoms with van der Waals surface area (Å²) in [6.45, 7) is 12.4. The molecule has 3 unspecified atom stereocenters. The molecule has 0 spiro atoms. The lowest BCUT2D eigenvalue weighted by Crippen LogP contribution is -2.54. The first-order valence-electron chi connectivity index (χ1n) is 12.7. The molecule has 0 saturated heterocycles. The average molecular weight is 387 g/mol. The Bertz CT molecular complexity index is 591. The second-order valence-electron chi connectivity index (χ2n) is 12.1. The van der Waals surface area contributed by atoms with Crippen molar-refractivity contribution in [2.75, 3.05) is 0 Å². The summed E-state index contributed by atoms with van der Waals surface area (Å²) in [5.74, 6) is 4.57. The van der Waals surface area contributed by atoms with Gasteiger partial charge in [-0.25, -0.2) is 0 Å². The molecule has 1 N–H and O–H groups in total. The van der Waals surface area contributed by atoms with Gasteiger partial charge in [0.05, 0.1) is 6.10 Å². The van der Waals surface area contributed by atoms with Gasteiger partial charge >= 0.3 is 0 Å². The third-order valence-electron chi connectivity index (χ3n) is 10.2. The second kappa shape index (κ2) is 7.75. The van der Waals surface area contributed by atoms with Crippen LogP contribution in [-0.2, 0) is 0 Å². The van der Waals surface area contributed by atoms with Gasteiger partial charge in [-0.2, -0.15) is 0 Å². The lowest BCUT2D eigenvalue weighted by Gasteiger charge is -2.59. The quantitative estimate of drug-likeness (QED) is 0.488. The predicted molar refractivity (Wildman–Crippen MR) is 119 cm³/mol. The highest BCUT2D eigenvalue weighted by atomic mass is 16.3. The van der Waals surface area contributed by atoms with E-state index in [0.717, 1.165) is 29.6 Å². The summed E-state index contributed by atoms with van der Waals surface area (Å²) >= 11 is 0. The Balaban J connectivity index is 1.53. The summed E-state index contributed by atoms with van der Waals surface area (Å²) in [6, 6.07) is 0. The lowest BCUT2D eigenvalue weighted by atomic mass is 9.46. The van der Waals surface area contributed by atoms with E-state index in [1.165, 1.54) is 70.6 Å². The fourth-order valence-corrected chi connectivity index (χ4v) is 8.71. The monoisotopic (exact) mass is 386 g/mol. The van der Waals surface area contributed by atoms with Crippen molar-refractivity contribution in [3.8, 4) is 0 Å². The molecule has 0 bridgehead atoms. The highest BCUT2D eigenvalue weighted by molar-refractivity contribution is 5.27. The second-order valence-corrected chi connectivity index (χ2v) is 12.1. The van der Waals surface area contributed by atoms with Crippen LogP contribution in [-0.4, -0.2) is 11.2 Å². The Morgan fingerprint density at radius 1 is 1.00 bits per heavy atom. The maximum absolute atomic E-state index is 11.3. The van der Waals surface area contributed by atoms with Gasteiger partial charge in [0.2, 0.25) is 0 Å². The van der Waals surface area contributed by atoms with Crippen molar-refractivity contribution in [1.82, 2.24) is 0 Å². The van der Waals surface area contributed by atoms with Gasteiger partial charge in [-0.15, -0.1) is 0 Å². The van der Waals surface area contributed by atoms with E-state index in [4.69, 9.17) is 0 Å². The number of allylic oxidation sites excluding steroid dienone is 1. The van der Waals surface area contributed by atoms with E-state index in [9.17, 15) is 5.11 Å². The Labute approximate surface area is 174 Å². The summed E-state index contributed by atoms with van der Waals surface area (Å²) in [5.41, 5.74) is 2.48. The number of aliphatic hydroxyl groups excluding tert-OH is 1. The Morgan fingerprint density at radius 2 is 1.79 bits per heavy atom. The van der Waals surface area contributed by atoms with Crippen molar-refractivity contribution >= 4 is 0 Å². The molecule has 28 heavy (non-hydrogen) atoms. The summed E-state index contributed by atoms with van der Waals surface area (Å²) in [7, 11) is 0. The van der Waals surface area contributed by atoms with Crippen LogP contribution in [0.25, 0.3) is 0 Å². The summed E-state index contributed by atoms with van der Waals surface area (Å²) in [4.78, 5) is 0. The zero-order chi connectivity index (χ0) is 20.1. The average Bonchev–Trinajstić information content (AvgIpc) is 2.99. The van der Waals surface area contributed by atoms with Crippen molar-refractivity contribution in [1.29, 1.82) is 0 Å². The van der Waals surface area contributed by atoms with Gasteiger partial charge in [0, 0.05) is 0 Å². The largest absolute Gasteiger partial charge is 0.389 e. The molecule has 160 valence electrons. The molecule has 8 atom stereocenters. The van der Waals surface area contributed by atoms with Crippen LogP contribution in [0.1, 0.15) is 105 Å². The zero-order valence-electron chi connectivity index (χ0n) is 19.3. The van der Waals surface area contributed by atoms with E-state index in [-0.39, 0.29) is 6.10 Å². The SMILES string of the molecule is CC(C)CCC[C@@H](C)[C@H]1CCC2C3C(CC[C@@]21C)[C@@]1(C)CCCCC1=C[C@@H]3O. The maximum Gasteiger partial charge on any atom is 0.0757 e. The third kappa shape index (κ3) is 3.32. The summed E-state index contributed by atoms with van der Waals surface area (Å²) < 4.78 is 0. The highest BCUT2D eigenvalue weighted by Gasteiger charge is 2.60. The van der Waals surface area contributed by atoms with E-state index >= 15 is 0 Å². The first-order valence-corrected chi connectivity index (χ1v) is 12.7. The molecule has 4 aliphatic carbocycles. The smallest absolute Gasteiger partial charge is 0.0757 e. The molecule has 0 aromatic carbocycles. The molecule has 0 aliphatic heterocycles. The van der Waals surface area contributed by atoms with Crippen LogP contribution in [0.15, 0.2) is 11.6 Å². The van der Waals surface area contributed by atoms with Crippen molar-refractivity contribution in [3.05, 3.63) is 11.6 Å². The van der Waals surface area contributed by atoms with E-state index in [0.29, 0.717) is 16.7 Å². The third-order valence-corrected chi connectivity index (χ3v) is 10.2. The minimum Gasteiger partial charge on any atom is -0.389 e. The van der Waals surface area contributed by atoms with Crippen LogP contribution in [0.2, 0.25) is 0 Å². The van der Waals surface area contributed by atoms with Crippen molar-refractivity contribution in [2.24, 2.45) is 46.3 Å². The van der Waals surface area contributed by atoms with Gasteiger partial charge in [0.1, 0.15) is 0 Å². The van der Waals surface area contributed by atoms with E-state index in [1.54, 1.807) is 5.57 Å². The van der Waals surface area contributed by atoms with Crippen LogP contribution < -0.4 is 0 Å². The van der Waals surface area contributed by atoms with Gasteiger partial charge in [-0.1, -0.05) is 72.0 Å². The van der Waals surface area contributed by atoms with E-state index in [2.05, 4.69) is 40.7 Å². The fraction of sp³-hybridized carbons (Fsp3) is 0.926. The lowest BCUT2D eigenvalue weighted by molar-refractivity contribution is -0.0922. The van der Waals surface area contributed by atoms with E-state index in [1.807, 2.05) is 0 Å². The predicted octanol–water partition coefficient (Wildman–Crippen LogP) is 7.39. The maximum atomic E-state index is 11.3. The highest BCUT2D eigenvalue weighted by Crippen LogP contribution is 2.67. The normalized spacial score (nSPS) is 46.5. The first kappa shape index (κ1) is 21.0. The standard InChI is InChI=1S/C27H46O/c1-18(2)9-8-10-19(3)21-12-13-22-25-23(14-16-27(21,22)5)26(4)15-7-6-11-20(26)17-24(25)28/h17-19,21-25,28H,6-16H2,1-5H3/t19-,21-,22?,23?,24+,25?,26+,27-/m1/s1. The van der Waals surface area contributed by atoms with Crippen molar-refractivity contribution in [2.45, 2.75) is 111 Å². The molecular formula is C27H46O. The van der Waals surface area contributed by atoms with Crippen LogP contribution in [0.5, 0.6) is 0 Å². The molecule has 4 aliphatic rings. The number of rotatable bonds is 5.